The normalized spacial score (nSPS) is 31.7. The zero-order valence-corrected chi connectivity index (χ0v) is 16.4. The molecule has 2 aliphatic rings. The predicted molar refractivity (Wildman–Crippen MR) is 108 cm³/mol. The Balaban J connectivity index is 1.91. The van der Waals surface area contributed by atoms with Crippen LogP contribution in [0.15, 0.2) is 54.6 Å². The van der Waals surface area contributed by atoms with E-state index in [9.17, 15) is 15.3 Å². The number of hydrogen-bond acceptors (Lipinski definition) is 4. The summed E-state index contributed by atoms with van der Waals surface area (Å²) in [5, 5.41) is 31.5. The van der Waals surface area contributed by atoms with Gasteiger partial charge < -0.3 is 15.3 Å². The van der Waals surface area contributed by atoms with Crippen molar-refractivity contribution in [3.8, 4) is 0 Å². The van der Waals surface area contributed by atoms with Crippen LogP contribution in [0, 0.1) is 17.8 Å². The number of nitrogens with zero attached hydrogens (tertiary/aromatic N) is 1. The van der Waals surface area contributed by atoms with Crippen LogP contribution in [-0.2, 0) is 6.54 Å². The highest BCUT2D eigenvalue weighted by Gasteiger charge is 2.49. The smallest absolute Gasteiger partial charge is 0.111 e. The molecule has 3 rings (SSSR count). The Morgan fingerprint density at radius 3 is 2.56 bits per heavy atom. The van der Waals surface area contributed by atoms with Crippen LogP contribution in [0.3, 0.4) is 0 Å². The zero-order chi connectivity index (χ0) is 19.6. The van der Waals surface area contributed by atoms with E-state index in [0.29, 0.717) is 11.8 Å². The lowest BCUT2D eigenvalue weighted by Crippen LogP contribution is -2.51. The molecule has 1 fully saturated rings. The summed E-state index contributed by atoms with van der Waals surface area (Å²) in [5.41, 5.74) is 2.56. The van der Waals surface area contributed by atoms with Crippen LogP contribution in [-0.4, -0.2) is 51.1 Å². The summed E-state index contributed by atoms with van der Waals surface area (Å²) >= 11 is 0. The first kappa shape index (κ1) is 20.3. The molecule has 4 heteroatoms. The van der Waals surface area contributed by atoms with Crippen molar-refractivity contribution in [2.75, 3.05) is 6.54 Å². The minimum absolute atomic E-state index is 0.189. The van der Waals surface area contributed by atoms with Gasteiger partial charge in [-0.25, -0.2) is 0 Å². The van der Waals surface area contributed by atoms with Crippen LogP contribution in [0.1, 0.15) is 32.3 Å². The fourth-order valence-corrected chi connectivity index (χ4v) is 5.08. The highest BCUT2D eigenvalue weighted by Crippen LogP contribution is 2.45. The van der Waals surface area contributed by atoms with Gasteiger partial charge in [0.25, 0.3) is 0 Å². The minimum Gasteiger partial charge on any atom is -0.389 e. The number of benzene rings is 1. The summed E-state index contributed by atoms with van der Waals surface area (Å²) in [6.07, 6.45) is 2.41. The van der Waals surface area contributed by atoms with E-state index >= 15 is 0 Å². The molecule has 27 heavy (non-hydrogen) atoms. The van der Waals surface area contributed by atoms with E-state index in [1.807, 2.05) is 18.2 Å². The largest absolute Gasteiger partial charge is 0.389 e. The Morgan fingerprint density at radius 2 is 1.93 bits per heavy atom. The van der Waals surface area contributed by atoms with Gasteiger partial charge in [-0.3, -0.25) is 4.90 Å². The first-order valence-electron chi connectivity index (χ1n) is 10.1. The molecule has 1 saturated heterocycles. The summed E-state index contributed by atoms with van der Waals surface area (Å²) < 4.78 is 0. The highest BCUT2D eigenvalue weighted by molar-refractivity contribution is 5.20. The third-order valence-electron chi connectivity index (χ3n) is 6.47. The summed E-state index contributed by atoms with van der Waals surface area (Å²) in [5.74, 6) is 1.25. The second kappa shape index (κ2) is 8.70. The highest BCUT2D eigenvalue weighted by atomic mass is 16.4. The van der Waals surface area contributed by atoms with E-state index in [-0.39, 0.29) is 12.0 Å². The lowest BCUT2D eigenvalue weighted by Gasteiger charge is -2.37. The summed E-state index contributed by atoms with van der Waals surface area (Å²) in [6.45, 7) is 9.59. The van der Waals surface area contributed by atoms with Crippen molar-refractivity contribution in [1.29, 1.82) is 0 Å². The molecule has 4 nitrogen and oxygen atoms in total. The third kappa shape index (κ3) is 4.19. The van der Waals surface area contributed by atoms with Gasteiger partial charge in [0.1, 0.15) is 12.2 Å². The van der Waals surface area contributed by atoms with Crippen LogP contribution >= 0.6 is 0 Å². The molecule has 0 radical (unpaired) electrons. The maximum atomic E-state index is 11.0. The first-order valence-corrected chi connectivity index (χ1v) is 10.1. The molecule has 1 heterocycles. The molecule has 1 aromatic rings. The Bertz CT molecular complexity index is 659. The monoisotopic (exact) mass is 371 g/mol. The Morgan fingerprint density at radius 1 is 1.22 bits per heavy atom. The quantitative estimate of drug-likeness (QED) is 0.645. The van der Waals surface area contributed by atoms with Gasteiger partial charge in [0.2, 0.25) is 0 Å². The van der Waals surface area contributed by atoms with Crippen molar-refractivity contribution >= 4 is 0 Å². The summed E-state index contributed by atoms with van der Waals surface area (Å²) in [4.78, 5) is 2.30. The molecule has 0 amide bonds. The number of fused-ring (bicyclic) bond motifs is 1. The van der Waals surface area contributed by atoms with Gasteiger partial charge in [-0.1, -0.05) is 61.4 Å². The molecule has 1 aromatic carbocycles. The summed E-state index contributed by atoms with van der Waals surface area (Å²) in [6, 6.07) is 10.0. The molecule has 0 aromatic heterocycles. The minimum atomic E-state index is -1.24. The number of hydrogen-bond donors (Lipinski definition) is 3. The van der Waals surface area contributed by atoms with Crippen LogP contribution in [0.25, 0.3) is 0 Å². The van der Waals surface area contributed by atoms with E-state index in [0.717, 1.165) is 25.9 Å². The number of aliphatic hydroxyl groups is 3. The number of likely N-dealkylation sites (tertiary alicyclic amines) is 1. The number of aliphatic hydroxyl groups excluding tert-OH is 3. The van der Waals surface area contributed by atoms with Crippen molar-refractivity contribution < 1.29 is 15.3 Å². The molecular weight excluding hydrogens is 338 g/mol. The predicted octanol–water partition coefficient (Wildman–Crippen LogP) is 2.75. The molecule has 1 aliphatic carbocycles. The van der Waals surface area contributed by atoms with Gasteiger partial charge in [-0.15, -0.1) is 6.58 Å². The second-order valence-corrected chi connectivity index (χ2v) is 8.24. The molecular formula is C23H33NO3. The molecule has 0 saturated carbocycles. The Labute approximate surface area is 162 Å². The average molecular weight is 372 g/mol. The fourth-order valence-electron chi connectivity index (χ4n) is 5.08. The average Bonchev–Trinajstić information content (AvgIpc) is 3.03. The van der Waals surface area contributed by atoms with Gasteiger partial charge in [0.05, 0.1) is 6.10 Å². The van der Waals surface area contributed by atoms with Crippen LogP contribution < -0.4 is 0 Å². The van der Waals surface area contributed by atoms with E-state index in [1.165, 1.54) is 17.2 Å². The maximum Gasteiger partial charge on any atom is 0.111 e. The van der Waals surface area contributed by atoms with E-state index in [4.69, 9.17) is 0 Å². The topological polar surface area (TPSA) is 63.9 Å². The second-order valence-electron chi connectivity index (χ2n) is 8.24. The molecule has 1 aliphatic heterocycles. The van der Waals surface area contributed by atoms with E-state index in [1.54, 1.807) is 0 Å². The molecule has 0 bridgehead atoms. The molecule has 148 valence electrons. The number of allylic oxidation sites excluding steroid dienone is 1. The Hall–Kier alpha value is -1.46. The summed E-state index contributed by atoms with van der Waals surface area (Å²) in [7, 11) is 0. The third-order valence-corrected chi connectivity index (χ3v) is 6.47. The zero-order valence-electron chi connectivity index (χ0n) is 16.4. The Kier molecular flexibility index (Phi) is 6.53. The molecule has 3 N–H and O–H groups in total. The van der Waals surface area contributed by atoms with Crippen LogP contribution in [0.5, 0.6) is 0 Å². The lowest BCUT2D eigenvalue weighted by atomic mass is 9.71. The maximum absolute atomic E-state index is 11.0. The fraction of sp³-hybridized carbons (Fsp3) is 0.565. The van der Waals surface area contributed by atoms with Gasteiger partial charge in [0.15, 0.2) is 0 Å². The van der Waals surface area contributed by atoms with Crippen molar-refractivity contribution in [2.45, 2.75) is 57.6 Å². The van der Waals surface area contributed by atoms with Gasteiger partial charge >= 0.3 is 0 Å². The first-order chi connectivity index (χ1) is 13.0. The molecule has 0 unspecified atom stereocenters. The van der Waals surface area contributed by atoms with Crippen LogP contribution in [0.4, 0.5) is 0 Å². The van der Waals surface area contributed by atoms with Gasteiger partial charge in [-0.2, -0.15) is 0 Å². The van der Waals surface area contributed by atoms with Crippen LogP contribution in [0.2, 0.25) is 0 Å². The van der Waals surface area contributed by atoms with Gasteiger partial charge in [0, 0.05) is 19.1 Å². The molecule has 0 spiro atoms. The standard InChI is InChI=1S/C23H33NO3/c1-4-17-11-15(3)12-18-19(17)14-24(13-16-9-7-6-8-10-16)21(18)23(27)22(26)20(25)5-2/h5-10,12,17-23,25-27H,2,4,11,13-14H2,1,3H3/t17-,18-,19+,20+,21-,22+,23-/m0/s1. The SMILES string of the molecule is C=C[C@@H](O)[C@@H](O)[C@@H](O)[C@@H]1[C@H]2C=C(C)C[C@H](CC)[C@H]2CN1Cc1ccccc1. The van der Waals surface area contributed by atoms with E-state index in [2.05, 4.69) is 43.5 Å². The van der Waals surface area contributed by atoms with Crippen molar-refractivity contribution in [1.82, 2.24) is 4.90 Å². The molecule has 7 atom stereocenters. The van der Waals surface area contributed by atoms with Gasteiger partial charge in [-0.05, 0) is 36.7 Å². The van der Waals surface area contributed by atoms with Crippen molar-refractivity contribution in [3.63, 3.8) is 0 Å². The lowest BCUT2D eigenvalue weighted by molar-refractivity contribution is -0.0773. The number of rotatable bonds is 7. The van der Waals surface area contributed by atoms with Crippen molar-refractivity contribution in [3.05, 3.63) is 60.2 Å². The van der Waals surface area contributed by atoms with Crippen molar-refractivity contribution in [2.24, 2.45) is 17.8 Å². The van der Waals surface area contributed by atoms with E-state index < -0.39 is 18.3 Å².